The van der Waals surface area contributed by atoms with Crippen LogP contribution >= 0.6 is 34.8 Å². The number of ether oxygens (including phenoxy) is 1. The topological polar surface area (TPSA) is 68.3 Å². The SMILES string of the molecule is Cc1ccc(Cl)c(NC(=O)COC(=O)c2cccnc2Cl)c1Cl. The predicted molar refractivity (Wildman–Crippen MR) is 89.4 cm³/mol. The maximum Gasteiger partial charge on any atom is 0.341 e. The first-order chi connectivity index (χ1) is 10.9. The van der Waals surface area contributed by atoms with Crippen LogP contribution in [0.25, 0.3) is 0 Å². The van der Waals surface area contributed by atoms with Crippen molar-refractivity contribution in [3.8, 4) is 0 Å². The van der Waals surface area contributed by atoms with Crippen LogP contribution in [0.4, 0.5) is 5.69 Å². The quantitative estimate of drug-likeness (QED) is 0.646. The van der Waals surface area contributed by atoms with Gasteiger partial charge in [-0.1, -0.05) is 40.9 Å². The molecule has 1 heterocycles. The maximum absolute atomic E-state index is 11.9. The molecule has 0 aliphatic rings. The minimum absolute atomic E-state index is 0.00248. The van der Waals surface area contributed by atoms with Gasteiger partial charge in [0.05, 0.1) is 21.3 Å². The van der Waals surface area contributed by atoms with E-state index in [4.69, 9.17) is 39.5 Å². The molecule has 0 spiro atoms. The summed E-state index contributed by atoms with van der Waals surface area (Å²) in [6, 6.07) is 6.32. The predicted octanol–water partition coefficient (Wildman–Crippen LogP) is 4.15. The fourth-order valence-corrected chi connectivity index (χ4v) is 2.36. The Balaban J connectivity index is 2.00. The highest BCUT2D eigenvalue weighted by atomic mass is 35.5. The van der Waals surface area contributed by atoms with Gasteiger partial charge >= 0.3 is 5.97 Å². The Bertz CT molecular complexity index is 766. The molecule has 0 fully saturated rings. The molecule has 0 atom stereocenters. The van der Waals surface area contributed by atoms with Gasteiger partial charge in [-0.15, -0.1) is 0 Å². The van der Waals surface area contributed by atoms with Crippen molar-refractivity contribution in [1.82, 2.24) is 4.98 Å². The standard InChI is InChI=1S/C15H11Cl3N2O3/c1-8-4-5-10(16)13(12(8)17)20-11(21)7-23-15(22)9-3-2-6-19-14(9)18/h2-6H,7H2,1H3,(H,20,21). The second kappa shape index (κ2) is 7.64. The number of halogens is 3. The Hall–Kier alpha value is -1.82. The van der Waals surface area contributed by atoms with Crippen LogP contribution in [0.5, 0.6) is 0 Å². The first-order valence-electron chi connectivity index (χ1n) is 6.42. The van der Waals surface area contributed by atoms with Crippen molar-refractivity contribution < 1.29 is 14.3 Å². The van der Waals surface area contributed by atoms with Gasteiger partial charge in [0, 0.05) is 6.20 Å². The van der Waals surface area contributed by atoms with E-state index in [-0.39, 0.29) is 21.4 Å². The van der Waals surface area contributed by atoms with Crippen molar-refractivity contribution >= 4 is 52.4 Å². The maximum atomic E-state index is 11.9. The molecule has 2 aromatic rings. The van der Waals surface area contributed by atoms with E-state index < -0.39 is 18.5 Å². The van der Waals surface area contributed by atoms with Gasteiger partial charge in [-0.05, 0) is 30.7 Å². The number of nitrogens with zero attached hydrogens (tertiary/aromatic N) is 1. The summed E-state index contributed by atoms with van der Waals surface area (Å²) in [4.78, 5) is 27.5. The largest absolute Gasteiger partial charge is 0.452 e. The molecule has 23 heavy (non-hydrogen) atoms. The molecular weight excluding hydrogens is 363 g/mol. The van der Waals surface area contributed by atoms with Crippen LogP contribution in [0.1, 0.15) is 15.9 Å². The Labute approximate surface area is 147 Å². The number of anilines is 1. The summed E-state index contributed by atoms with van der Waals surface area (Å²) in [6.45, 7) is 1.27. The van der Waals surface area contributed by atoms with Gasteiger partial charge in [-0.2, -0.15) is 0 Å². The number of carbonyl (C=O) groups excluding carboxylic acids is 2. The third kappa shape index (κ3) is 4.34. The fourth-order valence-electron chi connectivity index (χ4n) is 1.69. The van der Waals surface area contributed by atoms with Gasteiger partial charge in [0.15, 0.2) is 6.61 Å². The summed E-state index contributed by atoms with van der Waals surface area (Å²) in [7, 11) is 0. The van der Waals surface area contributed by atoms with Gasteiger partial charge < -0.3 is 10.1 Å². The molecule has 120 valence electrons. The average molecular weight is 374 g/mol. The molecule has 5 nitrogen and oxygen atoms in total. The lowest BCUT2D eigenvalue weighted by atomic mass is 10.2. The molecule has 0 bridgehead atoms. The highest BCUT2D eigenvalue weighted by Gasteiger charge is 2.16. The average Bonchev–Trinajstić information content (AvgIpc) is 2.53. The molecule has 0 aliphatic heterocycles. The summed E-state index contributed by atoms with van der Waals surface area (Å²) in [5.74, 6) is -1.33. The zero-order chi connectivity index (χ0) is 17.0. The van der Waals surface area contributed by atoms with E-state index in [0.29, 0.717) is 5.02 Å². The zero-order valence-corrected chi connectivity index (χ0v) is 14.2. The third-order valence-corrected chi connectivity index (χ3v) is 3.97. The molecule has 1 aromatic carbocycles. The summed E-state index contributed by atoms with van der Waals surface area (Å²) in [5, 5.41) is 3.13. The summed E-state index contributed by atoms with van der Waals surface area (Å²) < 4.78 is 4.89. The van der Waals surface area contributed by atoms with Crippen molar-refractivity contribution in [1.29, 1.82) is 0 Å². The minimum atomic E-state index is -0.750. The normalized spacial score (nSPS) is 10.3. The summed E-state index contributed by atoms with van der Waals surface area (Å²) >= 11 is 17.9. The van der Waals surface area contributed by atoms with E-state index >= 15 is 0 Å². The van der Waals surface area contributed by atoms with Crippen LogP contribution in [0, 0.1) is 6.92 Å². The third-order valence-electron chi connectivity index (χ3n) is 2.86. The number of esters is 1. The van der Waals surface area contributed by atoms with Crippen LogP contribution in [0.2, 0.25) is 15.2 Å². The first kappa shape index (κ1) is 17.5. The van der Waals surface area contributed by atoms with Crippen LogP contribution < -0.4 is 5.32 Å². The Morgan fingerprint density at radius 3 is 2.65 bits per heavy atom. The van der Waals surface area contributed by atoms with Gasteiger partial charge in [-0.25, -0.2) is 9.78 Å². The molecule has 1 N–H and O–H groups in total. The molecule has 8 heteroatoms. The zero-order valence-electron chi connectivity index (χ0n) is 11.9. The van der Waals surface area contributed by atoms with Crippen LogP contribution in [-0.2, 0) is 9.53 Å². The smallest absolute Gasteiger partial charge is 0.341 e. The van der Waals surface area contributed by atoms with Crippen LogP contribution in [0.15, 0.2) is 30.5 Å². The van der Waals surface area contributed by atoms with E-state index in [1.165, 1.54) is 18.3 Å². The van der Waals surface area contributed by atoms with E-state index in [9.17, 15) is 9.59 Å². The lowest BCUT2D eigenvalue weighted by molar-refractivity contribution is -0.119. The number of benzene rings is 1. The fraction of sp³-hybridized carbons (Fsp3) is 0.133. The molecule has 1 amide bonds. The van der Waals surface area contributed by atoms with Crippen molar-refractivity contribution in [3.63, 3.8) is 0 Å². The summed E-state index contributed by atoms with van der Waals surface area (Å²) in [5.41, 5.74) is 1.10. The number of aromatic nitrogens is 1. The number of aryl methyl sites for hydroxylation is 1. The Morgan fingerprint density at radius 1 is 1.22 bits per heavy atom. The summed E-state index contributed by atoms with van der Waals surface area (Å²) in [6.07, 6.45) is 1.44. The number of pyridine rings is 1. The highest BCUT2D eigenvalue weighted by molar-refractivity contribution is 6.40. The number of rotatable bonds is 4. The van der Waals surface area contributed by atoms with E-state index in [1.54, 1.807) is 19.1 Å². The monoisotopic (exact) mass is 372 g/mol. The van der Waals surface area contributed by atoms with Gasteiger partial charge in [0.1, 0.15) is 5.15 Å². The van der Waals surface area contributed by atoms with Crippen LogP contribution in [-0.4, -0.2) is 23.5 Å². The molecule has 0 aliphatic carbocycles. The molecule has 0 unspecified atom stereocenters. The lowest BCUT2D eigenvalue weighted by Crippen LogP contribution is -2.21. The highest BCUT2D eigenvalue weighted by Crippen LogP contribution is 2.32. The van der Waals surface area contributed by atoms with Crippen molar-refractivity contribution in [2.24, 2.45) is 0 Å². The first-order valence-corrected chi connectivity index (χ1v) is 7.55. The number of hydrogen-bond acceptors (Lipinski definition) is 4. The number of hydrogen-bond donors (Lipinski definition) is 1. The van der Waals surface area contributed by atoms with Gasteiger partial charge in [0.25, 0.3) is 5.91 Å². The molecule has 0 saturated heterocycles. The number of carbonyl (C=O) groups is 2. The van der Waals surface area contributed by atoms with Gasteiger partial charge in [-0.3, -0.25) is 4.79 Å². The van der Waals surface area contributed by atoms with Crippen molar-refractivity contribution in [2.45, 2.75) is 6.92 Å². The molecular formula is C15H11Cl3N2O3. The second-order valence-corrected chi connectivity index (χ2v) is 5.66. The molecule has 1 aromatic heterocycles. The lowest BCUT2D eigenvalue weighted by Gasteiger charge is -2.11. The Morgan fingerprint density at radius 2 is 1.96 bits per heavy atom. The number of nitrogens with one attached hydrogen (secondary N) is 1. The molecule has 0 saturated carbocycles. The molecule has 0 radical (unpaired) electrons. The number of amides is 1. The second-order valence-electron chi connectivity index (χ2n) is 4.52. The van der Waals surface area contributed by atoms with Crippen molar-refractivity contribution in [2.75, 3.05) is 11.9 Å². The van der Waals surface area contributed by atoms with E-state index in [2.05, 4.69) is 10.3 Å². The van der Waals surface area contributed by atoms with Crippen LogP contribution in [0.3, 0.4) is 0 Å². The minimum Gasteiger partial charge on any atom is -0.452 e. The van der Waals surface area contributed by atoms with E-state index in [0.717, 1.165) is 5.56 Å². The van der Waals surface area contributed by atoms with Gasteiger partial charge in [0.2, 0.25) is 0 Å². The molecule has 2 rings (SSSR count). The Kier molecular flexibility index (Phi) is 5.82. The van der Waals surface area contributed by atoms with E-state index in [1.807, 2.05) is 0 Å². The van der Waals surface area contributed by atoms with Crippen molar-refractivity contribution in [3.05, 3.63) is 56.8 Å².